The Morgan fingerprint density at radius 2 is 1.90 bits per heavy atom. The molecule has 0 aromatic heterocycles. The fraction of sp³-hybridized carbons (Fsp3) is 0.857. The Balaban J connectivity index is 2.18. The van der Waals surface area contributed by atoms with Gasteiger partial charge in [-0.2, -0.15) is 11.8 Å². The Kier molecular flexibility index (Phi) is 7.55. The second kappa shape index (κ2) is 8.64. The number of hydrogen-bond donors (Lipinski definition) is 1. The molecule has 1 saturated heterocycles. The predicted molar refractivity (Wildman–Crippen MR) is 84.1 cm³/mol. The second-order valence-corrected chi connectivity index (χ2v) is 7.44. The summed E-state index contributed by atoms with van der Waals surface area (Å²) in [6.45, 7) is 8.91. The smallest absolute Gasteiger partial charge is 0.209 e. The van der Waals surface area contributed by atoms with E-state index in [2.05, 4.69) is 24.1 Å². The molecular weight excluding hydrogens is 274 g/mol. The molecular formula is C14H27N3O2S. The van der Waals surface area contributed by atoms with E-state index in [1.165, 1.54) is 0 Å². The van der Waals surface area contributed by atoms with Crippen LogP contribution in [-0.4, -0.2) is 78.8 Å². The number of thioether (sulfide) groups is 1. The first-order chi connectivity index (χ1) is 9.53. The Hall–Kier alpha value is -0.590. The van der Waals surface area contributed by atoms with Gasteiger partial charge in [-0.1, -0.05) is 0 Å². The highest BCUT2D eigenvalue weighted by Crippen LogP contribution is 2.28. The van der Waals surface area contributed by atoms with Crippen molar-refractivity contribution in [2.75, 3.05) is 45.5 Å². The lowest BCUT2D eigenvalue weighted by atomic mass is 10.1. The molecule has 1 aliphatic rings. The molecule has 20 heavy (non-hydrogen) atoms. The van der Waals surface area contributed by atoms with Crippen LogP contribution in [0.4, 0.5) is 0 Å². The summed E-state index contributed by atoms with van der Waals surface area (Å²) in [5, 5.41) is 3.06. The topological polar surface area (TPSA) is 52.7 Å². The third kappa shape index (κ3) is 5.42. The molecule has 0 aromatic rings. The molecule has 116 valence electrons. The van der Waals surface area contributed by atoms with Gasteiger partial charge in [0.25, 0.3) is 0 Å². The fourth-order valence-corrected chi connectivity index (χ4v) is 3.54. The highest BCUT2D eigenvalue weighted by atomic mass is 32.2. The van der Waals surface area contributed by atoms with Gasteiger partial charge in [0.1, 0.15) is 6.29 Å². The molecule has 1 unspecified atom stereocenters. The molecule has 0 saturated carbocycles. The van der Waals surface area contributed by atoms with Crippen LogP contribution in [0.1, 0.15) is 20.3 Å². The van der Waals surface area contributed by atoms with E-state index in [1.807, 2.05) is 23.7 Å². The number of rotatable bonds is 9. The summed E-state index contributed by atoms with van der Waals surface area (Å²) in [6, 6.07) is -0.108. The van der Waals surface area contributed by atoms with Gasteiger partial charge >= 0.3 is 0 Å². The molecule has 1 amide bonds. The molecule has 1 atom stereocenters. The number of likely N-dealkylation sites (N-methyl/N-ethyl adjacent to an activating group) is 1. The summed E-state index contributed by atoms with van der Waals surface area (Å²) in [5.41, 5.74) is 0. The number of amides is 1. The summed E-state index contributed by atoms with van der Waals surface area (Å²) in [7, 11) is 1.83. The molecule has 1 rings (SSSR count). The van der Waals surface area contributed by atoms with Crippen LogP contribution < -0.4 is 5.32 Å². The van der Waals surface area contributed by atoms with E-state index in [0.29, 0.717) is 0 Å². The summed E-state index contributed by atoms with van der Waals surface area (Å²) >= 11 is 1.84. The third-order valence-electron chi connectivity index (χ3n) is 3.84. The number of aldehydes is 1. The van der Waals surface area contributed by atoms with Crippen LogP contribution in [0.3, 0.4) is 0 Å². The Bertz CT molecular complexity index is 305. The van der Waals surface area contributed by atoms with E-state index in [9.17, 15) is 9.59 Å². The maximum absolute atomic E-state index is 11.0. The monoisotopic (exact) mass is 301 g/mol. The molecule has 0 bridgehead atoms. The average Bonchev–Trinajstić information content (AvgIpc) is 2.45. The molecule has 1 N–H and O–H groups in total. The van der Waals surface area contributed by atoms with Gasteiger partial charge in [0.2, 0.25) is 6.41 Å². The highest BCUT2D eigenvalue weighted by Gasteiger charge is 2.28. The molecule has 5 nitrogen and oxygen atoms in total. The van der Waals surface area contributed by atoms with Crippen molar-refractivity contribution in [3.63, 3.8) is 0 Å². The van der Waals surface area contributed by atoms with Gasteiger partial charge in [0.05, 0.1) is 6.04 Å². The standard InChI is InChI=1S/C14H27N3O2S/c1-14(2,13(11-18)15-3)20-10-4-5-16-6-8-17(12-19)9-7-16/h11-13,15H,4-10H2,1-3H3. The van der Waals surface area contributed by atoms with Crippen LogP contribution in [0.5, 0.6) is 0 Å². The maximum atomic E-state index is 11.0. The van der Waals surface area contributed by atoms with Gasteiger partial charge in [-0.3, -0.25) is 9.69 Å². The van der Waals surface area contributed by atoms with Crippen molar-refractivity contribution < 1.29 is 9.59 Å². The lowest BCUT2D eigenvalue weighted by molar-refractivity contribution is -0.119. The van der Waals surface area contributed by atoms with Crippen molar-refractivity contribution in [2.24, 2.45) is 0 Å². The third-order valence-corrected chi connectivity index (χ3v) is 5.34. The van der Waals surface area contributed by atoms with Crippen molar-refractivity contribution in [3.05, 3.63) is 0 Å². The molecule has 0 aromatic carbocycles. The van der Waals surface area contributed by atoms with Crippen LogP contribution in [0.25, 0.3) is 0 Å². The quantitative estimate of drug-likeness (QED) is 0.495. The Morgan fingerprint density at radius 3 is 2.40 bits per heavy atom. The zero-order chi connectivity index (χ0) is 15.0. The van der Waals surface area contributed by atoms with E-state index in [4.69, 9.17) is 0 Å². The molecule has 0 aliphatic carbocycles. The minimum atomic E-state index is -0.108. The van der Waals surface area contributed by atoms with Crippen molar-refractivity contribution in [1.82, 2.24) is 15.1 Å². The van der Waals surface area contributed by atoms with E-state index in [-0.39, 0.29) is 10.8 Å². The minimum Gasteiger partial charge on any atom is -0.343 e. The molecule has 0 radical (unpaired) electrons. The van der Waals surface area contributed by atoms with Gasteiger partial charge < -0.3 is 15.0 Å². The zero-order valence-corrected chi connectivity index (χ0v) is 13.6. The normalized spacial score (nSPS) is 18.9. The highest BCUT2D eigenvalue weighted by molar-refractivity contribution is 8.00. The maximum Gasteiger partial charge on any atom is 0.209 e. The first-order valence-corrected chi connectivity index (χ1v) is 8.20. The van der Waals surface area contributed by atoms with Crippen molar-refractivity contribution in [1.29, 1.82) is 0 Å². The first kappa shape index (κ1) is 17.5. The number of carbonyl (C=O) groups excluding carboxylic acids is 2. The van der Waals surface area contributed by atoms with E-state index in [1.54, 1.807) is 0 Å². The zero-order valence-electron chi connectivity index (χ0n) is 12.8. The second-order valence-electron chi connectivity index (χ2n) is 5.69. The molecule has 6 heteroatoms. The van der Waals surface area contributed by atoms with Crippen LogP contribution >= 0.6 is 11.8 Å². The van der Waals surface area contributed by atoms with Crippen molar-refractivity contribution in [3.8, 4) is 0 Å². The lowest BCUT2D eigenvalue weighted by Crippen LogP contribution is -2.46. The SMILES string of the molecule is CNC(C=O)C(C)(C)SCCCN1CCN(C=O)CC1. The summed E-state index contributed by atoms with van der Waals surface area (Å²) in [6.07, 6.45) is 3.04. The summed E-state index contributed by atoms with van der Waals surface area (Å²) < 4.78 is -0.0767. The van der Waals surface area contributed by atoms with E-state index < -0.39 is 0 Å². The summed E-state index contributed by atoms with van der Waals surface area (Å²) in [4.78, 5) is 25.9. The predicted octanol–water partition coefficient (Wildman–Crippen LogP) is 0.449. The van der Waals surface area contributed by atoms with E-state index >= 15 is 0 Å². The van der Waals surface area contributed by atoms with Gasteiger partial charge in [0, 0.05) is 30.9 Å². The fourth-order valence-electron chi connectivity index (χ4n) is 2.39. The van der Waals surface area contributed by atoms with Gasteiger partial charge in [0.15, 0.2) is 0 Å². The van der Waals surface area contributed by atoms with Crippen LogP contribution in [0.15, 0.2) is 0 Å². The van der Waals surface area contributed by atoms with Gasteiger partial charge in [-0.05, 0) is 39.6 Å². The summed E-state index contributed by atoms with van der Waals surface area (Å²) in [5.74, 6) is 1.05. The van der Waals surface area contributed by atoms with Crippen LogP contribution in [0, 0.1) is 0 Å². The van der Waals surface area contributed by atoms with Crippen LogP contribution in [0.2, 0.25) is 0 Å². The average molecular weight is 301 g/mol. The largest absolute Gasteiger partial charge is 0.343 e. The van der Waals surface area contributed by atoms with E-state index in [0.717, 1.165) is 57.6 Å². The first-order valence-electron chi connectivity index (χ1n) is 7.21. The number of carbonyl (C=O) groups is 2. The van der Waals surface area contributed by atoms with Crippen molar-refractivity contribution >= 4 is 24.5 Å². The minimum absolute atomic E-state index is 0.0767. The number of hydrogen-bond acceptors (Lipinski definition) is 5. The molecule has 0 spiro atoms. The Labute approximate surface area is 126 Å². The Morgan fingerprint density at radius 1 is 1.25 bits per heavy atom. The molecule has 1 fully saturated rings. The number of nitrogens with one attached hydrogen (secondary N) is 1. The number of piperazine rings is 1. The number of nitrogens with zero attached hydrogens (tertiary/aromatic N) is 2. The molecule has 1 heterocycles. The van der Waals surface area contributed by atoms with Crippen LogP contribution in [-0.2, 0) is 9.59 Å². The van der Waals surface area contributed by atoms with Gasteiger partial charge in [-0.15, -0.1) is 0 Å². The lowest BCUT2D eigenvalue weighted by Gasteiger charge is -2.33. The van der Waals surface area contributed by atoms with Crippen molar-refractivity contribution in [2.45, 2.75) is 31.1 Å². The van der Waals surface area contributed by atoms with Gasteiger partial charge in [-0.25, -0.2) is 0 Å². The molecule has 1 aliphatic heterocycles.